The summed E-state index contributed by atoms with van der Waals surface area (Å²) >= 11 is 0. The van der Waals surface area contributed by atoms with Gasteiger partial charge in [-0.15, -0.1) is 4.40 Å². The Labute approximate surface area is 162 Å². The fourth-order valence-electron chi connectivity index (χ4n) is 3.18. The van der Waals surface area contributed by atoms with Crippen LogP contribution < -0.4 is 14.8 Å². The van der Waals surface area contributed by atoms with Crippen molar-refractivity contribution in [2.75, 3.05) is 26.8 Å². The molecule has 0 saturated carbocycles. The van der Waals surface area contributed by atoms with Crippen molar-refractivity contribution < 1.29 is 22.7 Å². The molecule has 28 heavy (non-hydrogen) atoms. The first-order valence-electron chi connectivity index (χ1n) is 8.75. The Morgan fingerprint density at radius 2 is 1.93 bits per heavy atom. The van der Waals surface area contributed by atoms with Gasteiger partial charge in [0.2, 0.25) is 5.91 Å². The molecule has 2 heterocycles. The molecule has 0 aliphatic carbocycles. The highest BCUT2D eigenvalue weighted by Gasteiger charge is 2.30. The molecule has 9 heteroatoms. The van der Waals surface area contributed by atoms with Crippen LogP contribution in [-0.4, -0.2) is 51.9 Å². The molecule has 0 bridgehead atoms. The van der Waals surface area contributed by atoms with Gasteiger partial charge in [-0.2, -0.15) is 8.42 Å². The third-order valence-electron chi connectivity index (χ3n) is 4.48. The molecule has 0 saturated heterocycles. The Morgan fingerprint density at radius 3 is 2.79 bits per heavy atom. The Hall–Kier alpha value is -3.07. The summed E-state index contributed by atoms with van der Waals surface area (Å²) in [6, 6.07) is 12.1. The van der Waals surface area contributed by atoms with Crippen molar-refractivity contribution in [1.82, 2.24) is 10.2 Å². The van der Waals surface area contributed by atoms with Gasteiger partial charge in [0.15, 0.2) is 17.3 Å². The second kappa shape index (κ2) is 7.16. The summed E-state index contributed by atoms with van der Waals surface area (Å²) in [7, 11) is -2.08. The van der Waals surface area contributed by atoms with Crippen LogP contribution in [0.15, 0.2) is 51.8 Å². The van der Waals surface area contributed by atoms with Gasteiger partial charge in [0.05, 0.1) is 6.54 Å². The SMILES string of the molecule is CN(CC(=O)NCc1cccc2c1OCCO2)C1=NS(=O)(=O)c2ccccc21. The van der Waals surface area contributed by atoms with Crippen LogP contribution in [0, 0.1) is 0 Å². The fraction of sp³-hybridized carbons (Fsp3) is 0.263. The van der Waals surface area contributed by atoms with Crippen molar-refractivity contribution in [3.05, 3.63) is 53.6 Å². The maximum absolute atomic E-state index is 12.4. The van der Waals surface area contributed by atoms with E-state index in [1.54, 1.807) is 25.2 Å². The van der Waals surface area contributed by atoms with Gasteiger partial charge in [-0.1, -0.05) is 24.3 Å². The monoisotopic (exact) mass is 401 g/mol. The maximum Gasteiger partial charge on any atom is 0.285 e. The number of likely N-dealkylation sites (N-methyl/N-ethyl adjacent to an activating group) is 1. The number of nitrogens with one attached hydrogen (secondary N) is 1. The summed E-state index contributed by atoms with van der Waals surface area (Å²) in [5.74, 6) is 1.31. The van der Waals surface area contributed by atoms with E-state index in [1.807, 2.05) is 18.2 Å². The van der Waals surface area contributed by atoms with Crippen LogP contribution in [0.4, 0.5) is 0 Å². The zero-order valence-corrected chi connectivity index (χ0v) is 16.0. The van der Waals surface area contributed by atoms with Crippen LogP contribution in [0.5, 0.6) is 11.5 Å². The zero-order chi connectivity index (χ0) is 19.7. The van der Waals surface area contributed by atoms with Gasteiger partial charge >= 0.3 is 0 Å². The first kappa shape index (κ1) is 18.3. The molecule has 0 radical (unpaired) electrons. The van der Waals surface area contributed by atoms with E-state index in [0.717, 1.165) is 5.56 Å². The molecule has 0 atom stereocenters. The summed E-state index contributed by atoms with van der Waals surface area (Å²) in [4.78, 5) is 14.1. The van der Waals surface area contributed by atoms with E-state index in [-0.39, 0.29) is 29.7 Å². The van der Waals surface area contributed by atoms with E-state index in [1.165, 1.54) is 11.0 Å². The van der Waals surface area contributed by atoms with Crippen LogP contribution in [-0.2, 0) is 21.4 Å². The van der Waals surface area contributed by atoms with E-state index in [2.05, 4.69) is 9.71 Å². The summed E-state index contributed by atoms with van der Waals surface area (Å²) in [5, 5.41) is 2.83. The van der Waals surface area contributed by atoms with Gasteiger partial charge in [-0.25, -0.2) is 0 Å². The molecule has 0 spiro atoms. The van der Waals surface area contributed by atoms with Crippen molar-refractivity contribution in [3.8, 4) is 11.5 Å². The second-order valence-corrected chi connectivity index (χ2v) is 8.03. The lowest BCUT2D eigenvalue weighted by Crippen LogP contribution is -2.38. The topological polar surface area (TPSA) is 97.3 Å². The van der Waals surface area contributed by atoms with Gasteiger partial charge in [0.1, 0.15) is 18.1 Å². The number of benzene rings is 2. The second-order valence-electron chi connectivity index (χ2n) is 6.46. The van der Waals surface area contributed by atoms with Gasteiger partial charge in [-0.05, 0) is 18.2 Å². The molecule has 2 aromatic rings. The Bertz CT molecular complexity index is 1060. The van der Waals surface area contributed by atoms with Crippen LogP contribution in [0.1, 0.15) is 11.1 Å². The van der Waals surface area contributed by atoms with E-state index in [9.17, 15) is 13.2 Å². The average molecular weight is 401 g/mol. The first-order valence-corrected chi connectivity index (χ1v) is 10.2. The van der Waals surface area contributed by atoms with E-state index >= 15 is 0 Å². The highest BCUT2D eigenvalue weighted by molar-refractivity contribution is 7.90. The molecular weight excluding hydrogens is 382 g/mol. The molecule has 0 unspecified atom stereocenters. The molecular formula is C19H19N3O5S. The maximum atomic E-state index is 12.4. The minimum absolute atomic E-state index is 0.0327. The Morgan fingerprint density at radius 1 is 1.14 bits per heavy atom. The molecule has 8 nitrogen and oxygen atoms in total. The number of hydrogen-bond acceptors (Lipinski definition) is 6. The molecule has 2 aliphatic heterocycles. The normalized spacial score (nSPS) is 16.1. The third-order valence-corrected chi connectivity index (χ3v) is 5.80. The van der Waals surface area contributed by atoms with Crippen molar-refractivity contribution in [2.45, 2.75) is 11.4 Å². The van der Waals surface area contributed by atoms with Crippen LogP contribution >= 0.6 is 0 Å². The fourth-order valence-corrected chi connectivity index (χ4v) is 4.43. The summed E-state index contributed by atoms with van der Waals surface area (Å²) < 4.78 is 39.3. The van der Waals surface area contributed by atoms with Crippen molar-refractivity contribution >= 4 is 21.8 Å². The number of amidine groups is 1. The molecule has 4 rings (SSSR count). The minimum atomic E-state index is -3.72. The number of para-hydroxylation sites is 1. The molecule has 0 aromatic heterocycles. The Balaban J connectivity index is 1.43. The molecule has 1 amide bonds. The summed E-state index contributed by atoms with van der Waals surface area (Å²) in [6.45, 7) is 1.21. The lowest BCUT2D eigenvalue weighted by atomic mass is 10.1. The molecule has 146 valence electrons. The number of rotatable bonds is 4. The van der Waals surface area contributed by atoms with Crippen LogP contribution in [0.25, 0.3) is 0 Å². The van der Waals surface area contributed by atoms with E-state index in [0.29, 0.717) is 30.3 Å². The van der Waals surface area contributed by atoms with Gasteiger partial charge in [0.25, 0.3) is 10.0 Å². The van der Waals surface area contributed by atoms with Crippen molar-refractivity contribution in [1.29, 1.82) is 0 Å². The number of ether oxygens (including phenoxy) is 2. The average Bonchev–Trinajstić information content (AvgIpc) is 2.98. The Kier molecular flexibility index (Phi) is 4.68. The minimum Gasteiger partial charge on any atom is -0.486 e. The molecule has 0 fully saturated rings. The number of amides is 1. The number of fused-ring (bicyclic) bond motifs is 2. The third kappa shape index (κ3) is 3.40. The van der Waals surface area contributed by atoms with Gasteiger partial charge in [0, 0.05) is 24.7 Å². The number of sulfonamides is 1. The predicted octanol–water partition coefficient (Wildman–Crippen LogP) is 1.15. The number of carbonyl (C=O) groups is 1. The first-order chi connectivity index (χ1) is 13.5. The van der Waals surface area contributed by atoms with Crippen molar-refractivity contribution in [2.24, 2.45) is 4.40 Å². The smallest absolute Gasteiger partial charge is 0.285 e. The zero-order valence-electron chi connectivity index (χ0n) is 15.2. The van der Waals surface area contributed by atoms with Crippen LogP contribution in [0.2, 0.25) is 0 Å². The molecule has 1 N–H and O–H groups in total. The summed E-state index contributed by atoms with van der Waals surface area (Å²) in [6.07, 6.45) is 0. The number of hydrogen-bond donors (Lipinski definition) is 1. The van der Waals surface area contributed by atoms with Crippen LogP contribution in [0.3, 0.4) is 0 Å². The van der Waals surface area contributed by atoms with Gasteiger partial charge in [-0.3, -0.25) is 4.79 Å². The van der Waals surface area contributed by atoms with E-state index < -0.39 is 10.0 Å². The van der Waals surface area contributed by atoms with Crippen molar-refractivity contribution in [3.63, 3.8) is 0 Å². The number of nitrogens with zero attached hydrogens (tertiary/aromatic N) is 2. The summed E-state index contributed by atoms with van der Waals surface area (Å²) in [5.41, 5.74) is 1.32. The molecule has 2 aromatic carbocycles. The highest BCUT2D eigenvalue weighted by Crippen LogP contribution is 2.33. The lowest BCUT2D eigenvalue weighted by Gasteiger charge is -2.22. The quantitative estimate of drug-likeness (QED) is 0.826. The largest absolute Gasteiger partial charge is 0.486 e. The molecule has 2 aliphatic rings. The van der Waals surface area contributed by atoms with Gasteiger partial charge < -0.3 is 19.7 Å². The highest BCUT2D eigenvalue weighted by atomic mass is 32.2. The standard InChI is InChI=1S/C19H19N3O5S/c1-22(19-14-6-2-3-8-16(14)28(24,25)21-19)12-17(23)20-11-13-5-4-7-15-18(13)27-10-9-26-15/h2-8H,9-12H2,1H3,(H,20,23). The lowest BCUT2D eigenvalue weighted by molar-refractivity contribution is -0.121. The van der Waals surface area contributed by atoms with E-state index in [4.69, 9.17) is 9.47 Å². The predicted molar refractivity (Wildman–Crippen MR) is 102 cm³/mol. The number of carbonyl (C=O) groups excluding carboxylic acids is 1.